The van der Waals surface area contributed by atoms with Crippen molar-refractivity contribution in [3.8, 4) is 11.5 Å². The highest BCUT2D eigenvalue weighted by Crippen LogP contribution is 2.32. The van der Waals surface area contributed by atoms with Crippen LogP contribution in [0.3, 0.4) is 0 Å². The number of rotatable bonds is 14. The second kappa shape index (κ2) is 15.6. The van der Waals surface area contributed by atoms with E-state index in [1.807, 2.05) is 75.4 Å². The van der Waals surface area contributed by atoms with Crippen LogP contribution in [0.25, 0.3) is 0 Å². The number of anilines is 1. The number of benzene rings is 4. The van der Waals surface area contributed by atoms with Gasteiger partial charge in [-0.1, -0.05) is 60.2 Å². The number of ether oxygens (including phenoxy) is 2. The molecule has 4 aromatic rings. The Hall–Kier alpha value is -4.90. The van der Waals surface area contributed by atoms with E-state index in [9.17, 15) is 22.4 Å². The summed E-state index contributed by atoms with van der Waals surface area (Å²) in [7, 11) is -1.62. The number of amides is 2. The van der Waals surface area contributed by atoms with Gasteiger partial charge in [-0.3, -0.25) is 13.9 Å². The molecular formula is C36H40FN3O6S. The number of carbonyl (C=O) groups is 2. The molecule has 4 aromatic carbocycles. The Morgan fingerprint density at radius 3 is 2.11 bits per heavy atom. The number of nitrogens with one attached hydrogen (secondary N) is 1. The standard InChI is InChI=1S/C36H40FN3O6S/c1-25(2)38-36(42)32(21-27-11-7-6-8-12-27)39(23-28-13-9-10-26(3)20-28)35(41)24-40(30-16-14-29(37)15-17-30)47(43,44)31-18-19-33(45-4)34(22-31)46-5/h6-20,22,25,32H,21,23-24H2,1-5H3,(H,38,42)/t32-/m0/s1. The van der Waals surface area contributed by atoms with Crippen molar-refractivity contribution in [2.75, 3.05) is 25.1 Å². The maximum Gasteiger partial charge on any atom is 0.264 e. The molecule has 0 unspecified atom stereocenters. The zero-order valence-electron chi connectivity index (χ0n) is 27.1. The number of halogens is 1. The lowest BCUT2D eigenvalue weighted by atomic mass is 10.0. The molecule has 47 heavy (non-hydrogen) atoms. The Balaban J connectivity index is 1.83. The van der Waals surface area contributed by atoms with Gasteiger partial charge in [-0.05, 0) is 68.3 Å². The van der Waals surface area contributed by atoms with Crippen LogP contribution < -0.4 is 19.1 Å². The van der Waals surface area contributed by atoms with Crippen molar-refractivity contribution in [3.05, 3.63) is 120 Å². The molecule has 0 saturated carbocycles. The van der Waals surface area contributed by atoms with Crippen LogP contribution in [0.4, 0.5) is 10.1 Å². The lowest BCUT2D eigenvalue weighted by molar-refractivity contribution is -0.140. The van der Waals surface area contributed by atoms with Crippen molar-refractivity contribution < 1.29 is 31.9 Å². The summed E-state index contributed by atoms with van der Waals surface area (Å²) in [6.07, 6.45) is 0.190. The van der Waals surface area contributed by atoms with Gasteiger partial charge in [0, 0.05) is 25.1 Å². The molecule has 0 fully saturated rings. The first-order chi connectivity index (χ1) is 22.4. The molecule has 4 rings (SSSR count). The lowest BCUT2D eigenvalue weighted by Crippen LogP contribution is -2.54. The second-order valence-corrected chi connectivity index (χ2v) is 13.2. The van der Waals surface area contributed by atoms with Crippen LogP contribution in [0.15, 0.2) is 102 Å². The largest absolute Gasteiger partial charge is 0.493 e. The molecule has 2 amide bonds. The number of nitrogens with zero attached hydrogens (tertiary/aromatic N) is 2. The molecule has 1 atom stereocenters. The normalized spacial score (nSPS) is 11.9. The number of methoxy groups -OCH3 is 2. The van der Waals surface area contributed by atoms with Gasteiger partial charge in [0.25, 0.3) is 10.0 Å². The molecule has 248 valence electrons. The Labute approximate surface area is 276 Å². The van der Waals surface area contributed by atoms with Crippen LogP contribution in [-0.2, 0) is 32.6 Å². The van der Waals surface area contributed by atoms with Crippen LogP contribution in [-0.4, -0.2) is 58.0 Å². The second-order valence-electron chi connectivity index (χ2n) is 11.4. The first kappa shape index (κ1) is 35.0. The molecule has 0 aliphatic heterocycles. The highest BCUT2D eigenvalue weighted by Gasteiger charge is 2.35. The average Bonchev–Trinajstić information content (AvgIpc) is 3.05. The van der Waals surface area contributed by atoms with E-state index >= 15 is 0 Å². The number of hydrogen-bond acceptors (Lipinski definition) is 6. The summed E-state index contributed by atoms with van der Waals surface area (Å²) in [4.78, 5) is 29.6. The van der Waals surface area contributed by atoms with Crippen molar-refractivity contribution in [2.45, 2.75) is 50.7 Å². The third kappa shape index (κ3) is 8.88. The first-order valence-corrected chi connectivity index (χ1v) is 16.6. The number of sulfonamides is 1. The summed E-state index contributed by atoms with van der Waals surface area (Å²) >= 11 is 0. The maximum atomic E-state index is 14.5. The summed E-state index contributed by atoms with van der Waals surface area (Å²) in [6.45, 7) is 4.95. The van der Waals surface area contributed by atoms with E-state index in [0.717, 1.165) is 33.1 Å². The number of hydrogen-bond donors (Lipinski definition) is 1. The third-order valence-corrected chi connectivity index (χ3v) is 9.24. The maximum absolute atomic E-state index is 14.5. The van der Waals surface area contributed by atoms with E-state index in [-0.39, 0.29) is 41.2 Å². The molecule has 0 aliphatic rings. The average molecular weight is 662 g/mol. The van der Waals surface area contributed by atoms with Crippen LogP contribution in [0.5, 0.6) is 11.5 Å². The molecule has 11 heteroatoms. The van der Waals surface area contributed by atoms with E-state index in [2.05, 4.69) is 5.32 Å². The molecule has 0 saturated heterocycles. The predicted octanol–water partition coefficient (Wildman–Crippen LogP) is 5.51. The van der Waals surface area contributed by atoms with Gasteiger partial charge in [-0.2, -0.15) is 0 Å². The number of aryl methyl sites for hydroxylation is 1. The molecular weight excluding hydrogens is 621 g/mol. The molecule has 0 radical (unpaired) electrons. The minimum atomic E-state index is -4.43. The molecule has 1 N–H and O–H groups in total. The Bertz CT molecular complexity index is 1780. The van der Waals surface area contributed by atoms with Crippen LogP contribution in [0.2, 0.25) is 0 Å². The molecule has 0 aromatic heterocycles. The fourth-order valence-corrected chi connectivity index (χ4v) is 6.61. The summed E-state index contributed by atoms with van der Waals surface area (Å²) in [5.74, 6) is -1.08. The van der Waals surface area contributed by atoms with Gasteiger partial charge in [0.1, 0.15) is 18.4 Å². The SMILES string of the molecule is COc1ccc(S(=O)(=O)N(CC(=O)N(Cc2cccc(C)c2)[C@@H](Cc2ccccc2)C(=O)NC(C)C)c2ccc(F)cc2)cc1OC. The van der Waals surface area contributed by atoms with Gasteiger partial charge in [-0.25, -0.2) is 12.8 Å². The minimum Gasteiger partial charge on any atom is -0.493 e. The Morgan fingerprint density at radius 2 is 1.49 bits per heavy atom. The summed E-state index contributed by atoms with van der Waals surface area (Å²) in [5.41, 5.74) is 2.62. The zero-order chi connectivity index (χ0) is 34.1. The monoisotopic (exact) mass is 661 g/mol. The lowest BCUT2D eigenvalue weighted by Gasteiger charge is -2.34. The van der Waals surface area contributed by atoms with Gasteiger partial charge in [0.05, 0.1) is 24.8 Å². The van der Waals surface area contributed by atoms with Crippen molar-refractivity contribution in [1.29, 1.82) is 0 Å². The fourth-order valence-electron chi connectivity index (χ4n) is 5.18. The molecule has 9 nitrogen and oxygen atoms in total. The quantitative estimate of drug-likeness (QED) is 0.191. The van der Waals surface area contributed by atoms with Crippen molar-refractivity contribution >= 4 is 27.5 Å². The molecule has 0 heterocycles. The Kier molecular flexibility index (Phi) is 11.6. The minimum absolute atomic E-state index is 0.0389. The topological polar surface area (TPSA) is 105 Å². The van der Waals surface area contributed by atoms with Gasteiger partial charge < -0.3 is 19.7 Å². The van der Waals surface area contributed by atoms with Crippen molar-refractivity contribution in [2.24, 2.45) is 0 Å². The van der Waals surface area contributed by atoms with Gasteiger partial charge in [-0.15, -0.1) is 0 Å². The van der Waals surface area contributed by atoms with Gasteiger partial charge >= 0.3 is 0 Å². The smallest absolute Gasteiger partial charge is 0.264 e. The molecule has 0 bridgehead atoms. The highest BCUT2D eigenvalue weighted by molar-refractivity contribution is 7.92. The summed E-state index contributed by atoms with van der Waals surface area (Å²) in [5, 5.41) is 2.93. The third-order valence-electron chi connectivity index (χ3n) is 7.47. The molecule has 0 aliphatic carbocycles. The zero-order valence-corrected chi connectivity index (χ0v) is 28.0. The van der Waals surface area contributed by atoms with E-state index in [1.165, 1.54) is 49.5 Å². The van der Waals surface area contributed by atoms with E-state index in [0.29, 0.717) is 5.75 Å². The first-order valence-electron chi connectivity index (χ1n) is 15.1. The predicted molar refractivity (Wildman–Crippen MR) is 179 cm³/mol. The van der Waals surface area contributed by atoms with Crippen LogP contribution in [0, 0.1) is 12.7 Å². The number of carbonyl (C=O) groups excluding carboxylic acids is 2. The molecule has 0 spiro atoms. The van der Waals surface area contributed by atoms with Gasteiger partial charge in [0.2, 0.25) is 11.8 Å². The fraction of sp³-hybridized carbons (Fsp3) is 0.278. The van der Waals surface area contributed by atoms with E-state index in [4.69, 9.17) is 9.47 Å². The summed E-state index contributed by atoms with van der Waals surface area (Å²) < 4.78 is 54.1. The van der Waals surface area contributed by atoms with Gasteiger partial charge in [0.15, 0.2) is 11.5 Å². The van der Waals surface area contributed by atoms with Crippen LogP contribution >= 0.6 is 0 Å². The van der Waals surface area contributed by atoms with E-state index in [1.54, 1.807) is 0 Å². The summed E-state index contributed by atoms with van der Waals surface area (Å²) in [6, 6.07) is 24.6. The Morgan fingerprint density at radius 1 is 0.830 bits per heavy atom. The van der Waals surface area contributed by atoms with Crippen LogP contribution in [0.1, 0.15) is 30.5 Å². The van der Waals surface area contributed by atoms with Crippen molar-refractivity contribution in [3.63, 3.8) is 0 Å². The highest BCUT2D eigenvalue weighted by atomic mass is 32.2. The van der Waals surface area contributed by atoms with E-state index < -0.39 is 34.3 Å². The van der Waals surface area contributed by atoms with Crippen molar-refractivity contribution in [1.82, 2.24) is 10.2 Å².